The Kier molecular flexibility index (Phi) is 34.6. The molecule has 0 unspecified atom stereocenters. The number of halogens is 1. The molecule has 2 nitrogen and oxygen atoms in total. The highest BCUT2D eigenvalue weighted by Gasteiger charge is 1.97. The molecule has 3 heteroatoms. The summed E-state index contributed by atoms with van der Waals surface area (Å²) in [5.74, 6) is 0.175. The van der Waals surface area contributed by atoms with E-state index < -0.39 is 5.97 Å². The number of carbonyl (C=O) groups is 1. The summed E-state index contributed by atoms with van der Waals surface area (Å²) in [7, 11) is 0. The van der Waals surface area contributed by atoms with Gasteiger partial charge in [-0.1, -0.05) is 146 Å². The van der Waals surface area contributed by atoms with Gasteiger partial charge in [0.1, 0.15) is 0 Å². The molecule has 0 aromatic rings. The van der Waals surface area contributed by atoms with Crippen molar-refractivity contribution in [3.05, 3.63) is 24.3 Å². The van der Waals surface area contributed by atoms with Gasteiger partial charge in [-0.05, 0) is 64.2 Å². The smallest absolute Gasteiger partial charge is 0.303 e. The van der Waals surface area contributed by atoms with Gasteiger partial charge in [-0.15, -0.1) is 11.6 Å². The van der Waals surface area contributed by atoms with Gasteiger partial charge >= 0.3 is 5.97 Å². The lowest BCUT2D eigenvalue weighted by molar-refractivity contribution is -0.137. The lowest BCUT2D eigenvalue weighted by Crippen LogP contribution is -1.93. The van der Waals surface area contributed by atoms with Gasteiger partial charge < -0.3 is 5.11 Å². The summed E-state index contributed by atoms with van der Waals surface area (Å²) >= 11 is 5.72. The summed E-state index contributed by atoms with van der Waals surface area (Å²) in [5, 5.41) is 8.62. The second kappa shape index (κ2) is 35.3. The highest BCUT2D eigenvalue weighted by atomic mass is 35.5. The van der Waals surface area contributed by atoms with Crippen molar-refractivity contribution in [1.29, 1.82) is 0 Å². The molecule has 0 bridgehead atoms. The first-order chi connectivity index (χ1) is 19.3. The van der Waals surface area contributed by atoms with Gasteiger partial charge in [0.15, 0.2) is 0 Å². The molecule has 1 N–H and O–H groups in total. The number of aliphatic carboxylic acids is 1. The molecular formula is C36H67ClO2. The summed E-state index contributed by atoms with van der Waals surface area (Å²) in [6.45, 7) is 0. The minimum atomic E-state index is -0.657. The number of carboxylic acid groups (broad SMARTS) is 1. The lowest BCUT2D eigenvalue weighted by Gasteiger charge is -2.02. The zero-order chi connectivity index (χ0) is 28.3. The number of carboxylic acids is 1. The van der Waals surface area contributed by atoms with Crippen molar-refractivity contribution in [3.63, 3.8) is 0 Å². The molecule has 0 saturated carbocycles. The SMILES string of the molecule is O=C(O)CCCCCCCCCC/C=C/CCCCCCCCCC/C=C/CCCCCCCCCCCCl. The average Bonchev–Trinajstić information content (AvgIpc) is 2.93. The number of alkyl halides is 1. The minimum absolute atomic E-state index is 0.336. The first-order valence-corrected chi connectivity index (χ1v) is 17.9. The predicted molar refractivity (Wildman–Crippen MR) is 175 cm³/mol. The second-order valence-electron chi connectivity index (χ2n) is 11.8. The molecule has 230 valence electrons. The van der Waals surface area contributed by atoms with E-state index in [9.17, 15) is 4.79 Å². The summed E-state index contributed by atoms with van der Waals surface area (Å²) in [6.07, 6.45) is 48.3. The molecule has 0 radical (unpaired) electrons. The van der Waals surface area contributed by atoms with Gasteiger partial charge in [-0.2, -0.15) is 0 Å². The van der Waals surface area contributed by atoms with Crippen LogP contribution < -0.4 is 0 Å². The van der Waals surface area contributed by atoms with Crippen molar-refractivity contribution in [2.24, 2.45) is 0 Å². The Morgan fingerprint density at radius 2 is 0.615 bits per heavy atom. The number of hydrogen-bond donors (Lipinski definition) is 1. The maximum atomic E-state index is 10.5. The molecule has 0 aromatic carbocycles. The Morgan fingerprint density at radius 1 is 0.385 bits per heavy atom. The van der Waals surface area contributed by atoms with Crippen molar-refractivity contribution in [3.8, 4) is 0 Å². The zero-order valence-corrected chi connectivity index (χ0v) is 26.7. The van der Waals surface area contributed by atoms with Gasteiger partial charge in [0.05, 0.1) is 0 Å². The molecule has 0 fully saturated rings. The Balaban J connectivity index is 3.14. The van der Waals surface area contributed by atoms with E-state index >= 15 is 0 Å². The predicted octanol–water partition coefficient (Wildman–Crippen LogP) is 13.1. The second-order valence-corrected chi connectivity index (χ2v) is 12.1. The summed E-state index contributed by atoms with van der Waals surface area (Å²) in [6, 6.07) is 0. The van der Waals surface area contributed by atoms with Gasteiger partial charge in [0.2, 0.25) is 0 Å². The van der Waals surface area contributed by atoms with Crippen molar-refractivity contribution in [2.45, 2.75) is 193 Å². The molecule has 0 aromatic heterocycles. The van der Waals surface area contributed by atoms with Crippen LogP contribution in [0.1, 0.15) is 193 Å². The largest absolute Gasteiger partial charge is 0.481 e. The first kappa shape index (κ1) is 38.2. The molecule has 0 aliphatic heterocycles. The average molecular weight is 567 g/mol. The van der Waals surface area contributed by atoms with E-state index in [1.807, 2.05) is 0 Å². The standard InChI is InChI=1S/C36H67ClO2/c37-35-33-31-29-27-25-23-21-19-17-15-13-11-9-7-5-3-1-2-4-6-8-10-12-14-16-18-20-22-24-26-28-30-32-34-36(38)39/h11-14H,1-10,15-35H2,(H,38,39)/b13-11+,14-12+. The van der Waals surface area contributed by atoms with E-state index in [1.54, 1.807) is 0 Å². The summed E-state index contributed by atoms with van der Waals surface area (Å²) in [4.78, 5) is 10.5. The highest BCUT2D eigenvalue weighted by molar-refractivity contribution is 6.17. The number of allylic oxidation sites excluding steroid dienone is 4. The molecule has 0 rings (SSSR count). The van der Waals surface area contributed by atoms with Crippen LogP contribution in [-0.2, 0) is 4.79 Å². The number of hydrogen-bond acceptors (Lipinski definition) is 1. The summed E-state index contributed by atoms with van der Waals surface area (Å²) in [5.41, 5.74) is 0. The topological polar surface area (TPSA) is 37.3 Å². The number of rotatable bonds is 33. The quantitative estimate of drug-likeness (QED) is 0.0487. The van der Waals surface area contributed by atoms with Crippen molar-refractivity contribution >= 4 is 17.6 Å². The molecule has 39 heavy (non-hydrogen) atoms. The van der Waals surface area contributed by atoms with Crippen LogP contribution in [0.25, 0.3) is 0 Å². The highest BCUT2D eigenvalue weighted by Crippen LogP contribution is 2.14. The van der Waals surface area contributed by atoms with E-state index in [-0.39, 0.29) is 0 Å². The van der Waals surface area contributed by atoms with Crippen molar-refractivity contribution < 1.29 is 9.90 Å². The van der Waals surface area contributed by atoms with E-state index in [0.717, 1.165) is 18.7 Å². The zero-order valence-electron chi connectivity index (χ0n) is 26.0. The van der Waals surface area contributed by atoms with E-state index in [2.05, 4.69) is 24.3 Å². The Labute approximate surface area is 249 Å². The maximum Gasteiger partial charge on any atom is 0.303 e. The lowest BCUT2D eigenvalue weighted by atomic mass is 10.0. The van der Waals surface area contributed by atoms with Gasteiger partial charge in [0.25, 0.3) is 0 Å². The van der Waals surface area contributed by atoms with E-state index in [1.165, 1.54) is 173 Å². The molecule has 0 atom stereocenters. The fraction of sp³-hybridized carbons (Fsp3) is 0.861. The van der Waals surface area contributed by atoms with Crippen molar-refractivity contribution in [2.75, 3.05) is 5.88 Å². The normalized spacial score (nSPS) is 11.8. The van der Waals surface area contributed by atoms with Gasteiger partial charge in [0, 0.05) is 12.3 Å². The van der Waals surface area contributed by atoms with Crippen LogP contribution in [0.2, 0.25) is 0 Å². The fourth-order valence-corrected chi connectivity index (χ4v) is 5.44. The first-order valence-electron chi connectivity index (χ1n) is 17.3. The van der Waals surface area contributed by atoms with Gasteiger partial charge in [-0.25, -0.2) is 0 Å². The van der Waals surface area contributed by atoms with Crippen LogP contribution in [0.5, 0.6) is 0 Å². The van der Waals surface area contributed by atoms with Crippen LogP contribution >= 0.6 is 11.6 Å². The monoisotopic (exact) mass is 566 g/mol. The Bertz CT molecular complexity index is 528. The molecule has 0 heterocycles. The molecular weight excluding hydrogens is 500 g/mol. The molecule has 0 amide bonds. The number of unbranched alkanes of at least 4 members (excludes halogenated alkanes) is 26. The Hall–Kier alpha value is -0.760. The van der Waals surface area contributed by atoms with Gasteiger partial charge in [-0.3, -0.25) is 4.79 Å². The third kappa shape index (κ3) is 37.2. The van der Waals surface area contributed by atoms with Crippen LogP contribution in [0.4, 0.5) is 0 Å². The molecule has 0 aliphatic carbocycles. The van der Waals surface area contributed by atoms with E-state index in [4.69, 9.17) is 16.7 Å². The molecule has 0 saturated heterocycles. The summed E-state index contributed by atoms with van der Waals surface area (Å²) < 4.78 is 0. The molecule has 0 spiro atoms. The minimum Gasteiger partial charge on any atom is -0.481 e. The van der Waals surface area contributed by atoms with E-state index in [0.29, 0.717) is 6.42 Å². The Morgan fingerprint density at radius 3 is 0.872 bits per heavy atom. The molecule has 0 aliphatic rings. The maximum absolute atomic E-state index is 10.5. The van der Waals surface area contributed by atoms with Crippen LogP contribution in [0, 0.1) is 0 Å². The van der Waals surface area contributed by atoms with Crippen LogP contribution in [0.15, 0.2) is 24.3 Å². The van der Waals surface area contributed by atoms with Crippen molar-refractivity contribution in [1.82, 2.24) is 0 Å². The third-order valence-corrected chi connectivity index (χ3v) is 8.11. The van der Waals surface area contributed by atoms with Crippen LogP contribution in [-0.4, -0.2) is 17.0 Å². The van der Waals surface area contributed by atoms with Crippen LogP contribution in [0.3, 0.4) is 0 Å². The fourth-order valence-electron chi connectivity index (χ4n) is 5.25. The third-order valence-electron chi connectivity index (χ3n) is 7.84.